The number of pyridine rings is 1. The maximum absolute atomic E-state index is 12.3. The molecule has 1 aromatic rings. The van der Waals surface area contributed by atoms with Gasteiger partial charge in [-0.2, -0.15) is 4.31 Å². The molecule has 1 aliphatic rings. The number of rotatable bonds is 2. The zero-order valence-electron chi connectivity index (χ0n) is 10.7. The van der Waals surface area contributed by atoms with Crippen LogP contribution < -0.4 is 0 Å². The van der Waals surface area contributed by atoms with Crippen molar-refractivity contribution < 1.29 is 13.2 Å². The lowest BCUT2D eigenvalue weighted by Gasteiger charge is -2.33. The van der Waals surface area contributed by atoms with Gasteiger partial charge < -0.3 is 4.90 Å². The minimum Gasteiger partial charge on any atom is -0.336 e. The van der Waals surface area contributed by atoms with Gasteiger partial charge in [-0.3, -0.25) is 4.79 Å². The van der Waals surface area contributed by atoms with Gasteiger partial charge in [0.25, 0.3) is 5.91 Å². The summed E-state index contributed by atoms with van der Waals surface area (Å²) in [5.41, 5.74) is 0.350. The fourth-order valence-corrected chi connectivity index (χ4v) is 3.28. The van der Waals surface area contributed by atoms with Crippen LogP contribution in [-0.4, -0.2) is 60.9 Å². The first-order chi connectivity index (χ1) is 9.27. The Morgan fingerprint density at radius 2 is 1.65 bits per heavy atom. The van der Waals surface area contributed by atoms with E-state index in [4.69, 9.17) is 23.2 Å². The summed E-state index contributed by atoms with van der Waals surface area (Å²) in [5, 5.41) is 0.297. The third kappa shape index (κ3) is 3.60. The molecule has 9 heteroatoms. The zero-order chi connectivity index (χ0) is 14.9. The maximum Gasteiger partial charge on any atom is 0.254 e. The number of sulfonamides is 1. The quantitative estimate of drug-likeness (QED) is 0.758. The molecule has 2 rings (SSSR count). The predicted octanol–water partition coefficient (Wildman–Crippen LogP) is 1.11. The van der Waals surface area contributed by atoms with Crippen molar-refractivity contribution in [1.29, 1.82) is 0 Å². The zero-order valence-corrected chi connectivity index (χ0v) is 13.0. The van der Waals surface area contributed by atoms with Crippen LogP contribution in [0.2, 0.25) is 10.3 Å². The van der Waals surface area contributed by atoms with E-state index in [1.165, 1.54) is 16.4 Å². The molecule has 0 bridgehead atoms. The highest BCUT2D eigenvalue weighted by atomic mass is 35.5. The van der Waals surface area contributed by atoms with E-state index in [1.54, 1.807) is 4.90 Å². The van der Waals surface area contributed by atoms with Crippen molar-refractivity contribution in [2.24, 2.45) is 0 Å². The van der Waals surface area contributed by atoms with E-state index in [0.717, 1.165) is 6.26 Å². The fraction of sp³-hybridized carbons (Fsp3) is 0.455. The number of carbonyl (C=O) groups excluding carboxylic acids is 1. The summed E-state index contributed by atoms with van der Waals surface area (Å²) in [6, 6.07) is 2.89. The van der Waals surface area contributed by atoms with E-state index < -0.39 is 10.0 Å². The van der Waals surface area contributed by atoms with E-state index >= 15 is 0 Å². The van der Waals surface area contributed by atoms with Crippen LogP contribution in [0, 0.1) is 0 Å². The molecule has 0 spiro atoms. The van der Waals surface area contributed by atoms with Crippen LogP contribution in [-0.2, 0) is 10.0 Å². The Hall–Kier alpha value is -0.890. The summed E-state index contributed by atoms with van der Waals surface area (Å²) < 4.78 is 24.2. The number of halogens is 2. The van der Waals surface area contributed by atoms with Crippen LogP contribution in [0.3, 0.4) is 0 Å². The van der Waals surface area contributed by atoms with Gasteiger partial charge >= 0.3 is 0 Å². The minimum atomic E-state index is -3.21. The molecule has 2 heterocycles. The lowest BCUT2D eigenvalue weighted by atomic mass is 10.2. The Morgan fingerprint density at radius 1 is 1.15 bits per heavy atom. The molecular formula is C11H13Cl2N3O3S. The van der Waals surface area contributed by atoms with Gasteiger partial charge in [-0.05, 0) is 12.1 Å². The van der Waals surface area contributed by atoms with Crippen LogP contribution >= 0.6 is 23.2 Å². The van der Waals surface area contributed by atoms with Gasteiger partial charge in [0.2, 0.25) is 10.0 Å². The van der Waals surface area contributed by atoms with Gasteiger partial charge in [0.15, 0.2) is 0 Å². The average Bonchev–Trinajstić information content (AvgIpc) is 2.36. The molecule has 1 fully saturated rings. The molecule has 0 saturated carbocycles. The Morgan fingerprint density at radius 3 is 2.10 bits per heavy atom. The number of amides is 1. The second kappa shape index (κ2) is 5.85. The number of hydrogen-bond donors (Lipinski definition) is 0. The Kier molecular flexibility index (Phi) is 4.53. The number of aromatic nitrogens is 1. The average molecular weight is 338 g/mol. The van der Waals surface area contributed by atoms with Crippen LogP contribution in [0.4, 0.5) is 0 Å². The number of carbonyl (C=O) groups is 1. The summed E-state index contributed by atoms with van der Waals surface area (Å²) in [6.07, 6.45) is 1.16. The van der Waals surface area contributed by atoms with Gasteiger partial charge in [0.05, 0.1) is 6.26 Å². The highest BCUT2D eigenvalue weighted by Crippen LogP contribution is 2.17. The van der Waals surface area contributed by atoms with E-state index in [0.29, 0.717) is 18.7 Å². The Balaban J connectivity index is 2.09. The number of nitrogens with zero attached hydrogens (tertiary/aromatic N) is 3. The molecule has 0 unspecified atom stereocenters. The summed E-state index contributed by atoms with van der Waals surface area (Å²) in [4.78, 5) is 17.6. The topological polar surface area (TPSA) is 70.6 Å². The Labute approximate surface area is 127 Å². The summed E-state index contributed by atoms with van der Waals surface area (Å²) in [5.74, 6) is -0.232. The molecule has 20 heavy (non-hydrogen) atoms. The third-order valence-corrected chi connectivity index (χ3v) is 4.70. The molecule has 6 nitrogen and oxygen atoms in total. The van der Waals surface area contributed by atoms with Crippen molar-refractivity contribution in [3.8, 4) is 0 Å². The van der Waals surface area contributed by atoms with Crippen molar-refractivity contribution in [3.05, 3.63) is 28.0 Å². The van der Waals surface area contributed by atoms with Gasteiger partial charge in [0.1, 0.15) is 10.3 Å². The van der Waals surface area contributed by atoms with Crippen molar-refractivity contribution in [2.75, 3.05) is 32.4 Å². The fourth-order valence-electron chi connectivity index (χ4n) is 1.99. The molecule has 0 aliphatic carbocycles. The molecular weight excluding hydrogens is 325 g/mol. The molecule has 110 valence electrons. The lowest BCUT2D eigenvalue weighted by molar-refractivity contribution is 0.0698. The first kappa shape index (κ1) is 15.5. The van der Waals surface area contributed by atoms with E-state index in [9.17, 15) is 13.2 Å². The van der Waals surface area contributed by atoms with Gasteiger partial charge in [-0.15, -0.1) is 0 Å². The monoisotopic (exact) mass is 337 g/mol. The largest absolute Gasteiger partial charge is 0.336 e. The molecule has 1 amide bonds. The van der Waals surface area contributed by atoms with Crippen LogP contribution in [0.1, 0.15) is 10.4 Å². The lowest BCUT2D eigenvalue weighted by Crippen LogP contribution is -2.50. The molecule has 0 N–H and O–H groups in total. The third-order valence-electron chi connectivity index (χ3n) is 3.00. The first-order valence-electron chi connectivity index (χ1n) is 5.85. The van der Waals surface area contributed by atoms with Crippen molar-refractivity contribution in [1.82, 2.24) is 14.2 Å². The summed E-state index contributed by atoms with van der Waals surface area (Å²) in [6.45, 7) is 1.25. The van der Waals surface area contributed by atoms with Crippen molar-refractivity contribution in [3.63, 3.8) is 0 Å². The molecule has 1 aromatic heterocycles. The standard InChI is InChI=1S/C11H13Cl2N3O3S/c1-20(18,19)16-4-2-15(3-5-16)11(17)8-6-9(12)14-10(13)7-8/h6-7H,2-5H2,1H3. The van der Waals surface area contributed by atoms with Crippen LogP contribution in [0.25, 0.3) is 0 Å². The van der Waals surface area contributed by atoms with Crippen molar-refractivity contribution >= 4 is 39.1 Å². The SMILES string of the molecule is CS(=O)(=O)N1CCN(C(=O)c2cc(Cl)nc(Cl)c2)CC1. The summed E-state index contributed by atoms with van der Waals surface area (Å²) >= 11 is 11.5. The first-order valence-corrected chi connectivity index (χ1v) is 8.45. The molecule has 1 aliphatic heterocycles. The highest BCUT2D eigenvalue weighted by molar-refractivity contribution is 7.88. The number of hydrogen-bond acceptors (Lipinski definition) is 4. The highest BCUT2D eigenvalue weighted by Gasteiger charge is 2.26. The smallest absolute Gasteiger partial charge is 0.254 e. The van der Waals surface area contributed by atoms with Gasteiger partial charge in [0, 0.05) is 31.7 Å². The number of piperazine rings is 1. The van der Waals surface area contributed by atoms with E-state index in [-0.39, 0.29) is 29.3 Å². The van der Waals surface area contributed by atoms with Crippen LogP contribution in [0.15, 0.2) is 12.1 Å². The summed E-state index contributed by atoms with van der Waals surface area (Å²) in [7, 11) is -3.21. The maximum atomic E-state index is 12.3. The molecule has 0 atom stereocenters. The van der Waals surface area contributed by atoms with E-state index in [2.05, 4.69) is 4.98 Å². The second-order valence-corrected chi connectivity index (χ2v) is 7.21. The van der Waals surface area contributed by atoms with Gasteiger partial charge in [-0.25, -0.2) is 13.4 Å². The molecule has 1 saturated heterocycles. The Bertz CT molecular complexity index is 608. The van der Waals surface area contributed by atoms with Gasteiger partial charge in [-0.1, -0.05) is 23.2 Å². The second-order valence-electron chi connectivity index (χ2n) is 4.46. The normalized spacial score (nSPS) is 17.2. The van der Waals surface area contributed by atoms with Crippen LogP contribution in [0.5, 0.6) is 0 Å². The molecule has 0 radical (unpaired) electrons. The van der Waals surface area contributed by atoms with E-state index in [1.807, 2.05) is 0 Å². The van der Waals surface area contributed by atoms with Crippen molar-refractivity contribution in [2.45, 2.75) is 0 Å². The molecule has 0 aromatic carbocycles. The predicted molar refractivity (Wildman–Crippen MR) is 76.6 cm³/mol. The minimum absolute atomic E-state index is 0.149.